The highest BCUT2D eigenvalue weighted by atomic mass is 32.1. The van der Waals surface area contributed by atoms with Crippen LogP contribution in [0.25, 0.3) is 21.9 Å². The second kappa shape index (κ2) is 11.0. The van der Waals surface area contributed by atoms with E-state index in [1.54, 1.807) is 35.6 Å². The van der Waals surface area contributed by atoms with Crippen molar-refractivity contribution in [1.82, 2.24) is 5.32 Å². The number of alkyl halides is 3. The molecule has 0 aliphatic heterocycles. The molecule has 8 heteroatoms. The van der Waals surface area contributed by atoms with Gasteiger partial charge in [-0.3, -0.25) is 9.59 Å². The summed E-state index contributed by atoms with van der Waals surface area (Å²) >= 11 is 1.62. The fourth-order valence-corrected chi connectivity index (χ4v) is 4.84. The number of carboxylic acid groups (broad SMARTS) is 1. The highest BCUT2D eigenvalue weighted by molar-refractivity contribution is 7.08. The molecule has 36 heavy (non-hydrogen) atoms. The molecule has 3 aromatic carbocycles. The van der Waals surface area contributed by atoms with Crippen molar-refractivity contribution in [3.8, 4) is 11.1 Å². The maximum absolute atomic E-state index is 13.1. The first-order valence-corrected chi connectivity index (χ1v) is 12.4. The molecule has 1 aromatic heterocycles. The minimum absolute atomic E-state index is 0.00462. The number of nitrogens with one attached hydrogen (secondary N) is 1. The fraction of sp³-hybridized carbons (Fsp3) is 0.214. The van der Waals surface area contributed by atoms with Gasteiger partial charge in [0.25, 0.3) is 5.91 Å². The molecule has 1 amide bonds. The van der Waals surface area contributed by atoms with Gasteiger partial charge in [0.1, 0.15) is 0 Å². The summed E-state index contributed by atoms with van der Waals surface area (Å²) in [6.07, 6.45) is -5.52. The number of carbonyl (C=O) groups is 2. The Morgan fingerprint density at radius 2 is 1.58 bits per heavy atom. The van der Waals surface area contributed by atoms with Gasteiger partial charge >= 0.3 is 12.1 Å². The molecule has 0 fully saturated rings. The maximum Gasteiger partial charge on any atom is 0.389 e. The highest BCUT2D eigenvalue weighted by Gasteiger charge is 2.29. The summed E-state index contributed by atoms with van der Waals surface area (Å²) in [6, 6.07) is 20.3. The summed E-state index contributed by atoms with van der Waals surface area (Å²) in [7, 11) is 0. The second-order valence-electron chi connectivity index (χ2n) is 8.56. The number of amides is 1. The number of fused-ring (bicyclic) bond motifs is 1. The molecule has 1 heterocycles. The second-order valence-corrected chi connectivity index (χ2v) is 9.34. The summed E-state index contributed by atoms with van der Waals surface area (Å²) < 4.78 is 39.4. The van der Waals surface area contributed by atoms with Gasteiger partial charge in [-0.15, -0.1) is 0 Å². The van der Waals surface area contributed by atoms with Gasteiger partial charge < -0.3 is 10.4 Å². The van der Waals surface area contributed by atoms with Crippen molar-refractivity contribution in [1.29, 1.82) is 0 Å². The lowest BCUT2D eigenvalue weighted by Crippen LogP contribution is -2.25. The average molecular weight is 512 g/mol. The van der Waals surface area contributed by atoms with Gasteiger partial charge in [-0.05, 0) is 74.5 Å². The van der Waals surface area contributed by atoms with Crippen LogP contribution in [0.3, 0.4) is 0 Å². The van der Waals surface area contributed by atoms with Gasteiger partial charge in [-0.1, -0.05) is 42.5 Å². The normalized spacial score (nSPS) is 12.4. The number of carbonyl (C=O) groups excluding carboxylic acids is 1. The smallest absolute Gasteiger partial charge is 0.389 e. The van der Waals surface area contributed by atoms with Gasteiger partial charge in [-0.2, -0.15) is 24.5 Å². The Kier molecular flexibility index (Phi) is 7.74. The Morgan fingerprint density at radius 3 is 2.25 bits per heavy atom. The standard InChI is InChI=1S/C28H24F3NO3S/c29-28(30,31)12-9-25(18-1-3-19(4-2-18)27(35)32-13-10-26(33)34)23-8-7-20-15-22(6-5-21(20)16-23)24-11-14-36-17-24/h1-8,11,14-17,25H,9-10,12-13H2,(H,32,35)(H,33,34). The topological polar surface area (TPSA) is 66.4 Å². The number of aliphatic carboxylic acids is 1. The third-order valence-electron chi connectivity index (χ3n) is 6.04. The summed E-state index contributed by atoms with van der Waals surface area (Å²) in [4.78, 5) is 22.9. The third-order valence-corrected chi connectivity index (χ3v) is 6.72. The van der Waals surface area contributed by atoms with Gasteiger partial charge in [0.2, 0.25) is 0 Å². The highest BCUT2D eigenvalue weighted by Crippen LogP contribution is 2.36. The zero-order valence-electron chi connectivity index (χ0n) is 19.2. The maximum atomic E-state index is 13.1. The zero-order valence-corrected chi connectivity index (χ0v) is 20.0. The van der Waals surface area contributed by atoms with Crippen LogP contribution in [0.15, 0.2) is 77.5 Å². The molecule has 1 atom stereocenters. The number of thiophene rings is 1. The van der Waals surface area contributed by atoms with Crippen molar-refractivity contribution in [3.05, 3.63) is 94.2 Å². The molecule has 0 spiro atoms. The van der Waals surface area contributed by atoms with E-state index in [0.29, 0.717) is 11.1 Å². The van der Waals surface area contributed by atoms with Crippen molar-refractivity contribution < 1.29 is 27.9 Å². The van der Waals surface area contributed by atoms with Gasteiger partial charge in [0, 0.05) is 24.4 Å². The van der Waals surface area contributed by atoms with Crippen LogP contribution in [-0.2, 0) is 4.79 Å². The first-order valence-electron chi connectivity index (χ1n) is 11.4. The zero-order chi connectivity index (χ0) is 25.7. The van der Waals surface area contributed by atoms with Crippen molar-refractivity contribution in [2.24, 2.45) is 0 Å². The van der Waals surface area contributed by atoms with E-state index in [9.17, 15) is 22.8 Å². The van der Waals surface area contributed by atoms with Crippen molar-refractivity contribution >= 4 is 34.0 Å². The van der Waals surface area contributed by atoms with Crippen molar-refractivity contribution in [3.63, 3.8) is 0 Å². The molecule has 0 radical (unpaired) electrons. The lowest BCUT2D eigenvalue weighted by Gasteiger charge is -2.20. The van der Waals surface area contributed by atoms with E-state index < -0.39 is 30.4 Å². The Balaban J connectivity index is 1.60. The summed E-state index contributed by atoms with van der Waals surface area (Å²) in [5.74, 6) is -1.95. The van der Waals surface area contributed by atoms with E-state index in [1.807, 2.05) is 41.8 Å². The van der Waals surface area contributed by atoms with Gasteiger partial charge in [-0.25, -0.2) is 0 Å². The summed E-state index contributed by atoms with van der Waals surface area (Å²) in [6.45, 7) is -0.00462. The minimum Gasteiger partial charge on any atom is -0.481 e. The molecule has 4 aromatic rings. The van der Waals surface area contributed by atoms with Crippen LogP contribution in [0.5, 0.6) is 0 Å². The molecular formula is C28H24F3NO3S. The van der Waals surface area contributed by atoms with Crippen molar-refractivity contribution in [2.45, 2.75) is 31.4 Å². The van der Waals surface area contributed by atoms with Crippen LogP contribution >= 0.6 is 11.3 Å². The fourth-order valence-electron chi connectivity index (χ4n) is 4.17. The molecule has 2 N–H and O–H groups in total. The first-order chi connectivity index (χ1) is 17.2. The van der Waals surface area contributed by atoms with Gasteiger partial charge in [0.05, 0.1) is 6.42 Å². The third kappa shape index (κ3) is 6.51. The Hall–Kier alpha value is -3.65. The van der Waals surface area contributed by atoms with Crippen LogP contribution in [-0.4, -0.2) is 29.7 Å². The molecule has 186 valence electrons. The molecule has 4 rings (SSSR count). The number of hydrogen-bond acceptors (Lipinski definition) is 3. The lowest BCUT2D eigenvalue weighted by molar-refractivity contribution is -0.137. The van der Waals surface area contributed by atoms with E-state index >= 15 is 0 Å². The Labute approximate surface area is 210 Å². The molecule has 0 aliphatic rings. The van der Waals surface area contributed by atoms with E-state index in [1.165, 1.54) is 0 Å². The molecular weight excluding hydrogens is 487 g/mol. The first kappa shape index (κ1) is 25.4. The molecule has 1 unspecified atom stereocenters. The predicted molar refractivity (Wildman–Crippen MR) is 135 cm³/mol. The lowest BCUT2D eigenvalue weighted by atomic mass is 9.85. The predicted octanol–water partition coefficient (Wildman–Crippen LogP) is 7.25. The van der Waals surface area contributed by atoms with E-state index in [0.717, 1.165) is 27.5 Å². The number of hydrogen-bond donors (Lipinski definition) is 2. The molecule has 0 saturated carbocycles. The number of carboxylic acids is 1. The van der Waals surface area contributed by atoms with E-state index in [4.69, 9.17) is 5.11 Å². The molecule has 0 aliphatic carbocycles. The number of benzene rings is 3. The SMILES string of the molecule is O=C(O)CCNC(=O)c1ccc(C(CCC(F)(F)F)c2ccc3cc(-c4ccsc4)ccc3c2)cc1. The minimum atomic E-state index is -4.28. The monoisotopic (exact) mass is 511 g/mol. The van der Waals surface area contributed by atoms with Gasteiger partial charge in [0.15, 0.2) is 0 Å². The molecule has 4 nitrogen and oxygen atoms in total. The largest absolute Gasteiger partial charge is 0.481 e. The van der Waals surface area contributed by atoms with E-state index in [2.05, 4.69) is 16.8 Å². The molecule has 0 bridgehead atoms. The van der Waals surface area contributed by atoms with Crippen LogP contribution < -0.4 is 5.32 Å². The van der Waals surface area contributed by atoms with Crippen LogP contribution in [0.1, 0.15) is 46.7 Å². The Morgan fingerprint density at radius 1 is 0.889 bits per heavy atom. The quantitative estimate of drug-likeness (QED) is 0.249. The average Bonchev–Trinajstić information content (AvgIpc) is 3.38. The summed E-state index contributed by atoms with van der Waals surface area (Å²) in [5, 5.41) is 17.3. The van der Waals surface area contributed by atoms with Crippen LogP contribution in [0.4, 0.5) is 13.2 Å². The Bertz CT molecular complexity index is 1350. The number of rotatable bonds is 9. The van der Waals surface area contributed by atoms with Crippen LogP contribution in [0.2, 0.25) is 0 Å². The van der Waals surface area contributed by atoms with Crippen molar-refractivity contribution in [2.75, 3.05) is 6.54 Å². The molecule has 0 saturated heterocycles. The number of halogens is 3. The summed E-state index contributed by atoms with van der Waals surface area (Å²) in [5.41, 5.74) is 3.98. The van der Waals surface area contributed by atoms with E-state index in [-0.39, 0.29) is 19.4 Å². The van der Waals surface area contributed by atoms with Crippen LogP contribution in [0, 0.1) is 0 Å².